The average molecular weight is 257 g/mol. The lowest BCUT2D eigenvalue weighted by Gasteiger charge is -2.25. The van der Waals surface area contributed by atoms with E-state index in [1.807, 2.05) is 24.3 Å². The van der Waals surface area contributed by atoms with Gasteiger partial charge in [0.25, 0.3) is 0 Å². The van der Waals surface area contributed by atoms with E-state index in [1.165, 1.54) is 12.1 Å². The Kier molecular flexibility index (Phi) is 3.22. The molecule has 0 fully saturated rings. The largest absolute Gasteiger partial charge is 0.493 e. The fraction of sp³-hybridized carbons (Fsp3) is 0.250. The van der Waals surface area contributed by atoms with Crippen LogP contribution in [0.5, 0.6) is 5.75 Å². The minimum Gasteiger partial charge on any atom is -0.493 e. The molecular weight excluding hydrogens is 241 g/mol. The summed E-state index contributed by atoms with van der Waals surface area (Å²) < 4.78 is 19.0. The quantitative estimate of drug-likeness (QED) is 0.895. The molecule has 1 aliphatic heterocycles. The van der Waals surface area contributed by atoms with Crippen molar-refractivity contribution in [1.82, 2.24) is 0 Å². The smallest absolute Gasteiger partial charge is 0.123 e. The molecule has 19 heavy (non-hydrogen) atoms. The summed E-state index contributed by atoms with van der Waals surface area (Å²) in [5.74, 6) is 1.02. The van der Waals surface area contributed by atoms with Gasteiger partial charge in [0.2, 0.25) is 0 Å². The summed E-state index contributed by atoms with van der Waals surface area (Å²) in [4.78, 5) is 0. The molecule has 0 saturated carbocycles. The third-order valence-corrected chi connectivity index (χ3v) is 3.62. The monoisotopic (exact) mass is 257 g/mol. The summed E-state index contributed by atoms with van der Waals surface area (Å²) in [6.45, 7) is 1.33. The van der Waals surface area contributed by atoms with Gasteiger partial charge in [0.05, 0.1) is 6.61 Å². The van der Waals surface area contributed by atoms with E-state index in [0.717, 1.165) is 28.9 Å². The zero-order valence-electron chi connectivity index (χ0n) is 10.6. The minimum absolute atomic E-state index is 0.226. The SMILES string of the molecule is NCC1CCOc2cc(-c3cccc(F)c3)ccc21. The van der Waals surface area contributed by atoms with Gasteiger partial charge in [0.1, 0.15) is 11.6 Å². The molecule has 98 valence electrons. The van der Waals surface area contributed by atoms with E-state index < -0.39 is 0 Å². The van der Waals surface area contributed by atoms with Crippen molar-refractivity contribution in [2.24, 2.45) is 5.73 Å². The Morgan fingerprint density at radius 1 is 1.16 bits per heavy atom. The molecule has 3 heteroatoms. The van der Waals surface area contributed by atoms with Crippen LogP contribution < -0.4 is 10.5 Å². The van der Waals surface area contributed by atoms with Crippen LogP contribution in [0.4, 0.5) is 4.39 Å². The van der Waals surface area contributed by atoms with Crippen molar-refractivity contribution >= 4 is 0 Å². The summed E-state index contributed by atoms with van der Waals surface area (Å²) in [6.07, 6.45) is 0.961. The molecule has 0 bridgehead atoms. The molecule has 3 rings (SSSR count). The molecule has 0 amide bonds. The maximum atomic E-state index is 13.3. The molecule has 1 atom stereocenters. The summed E-state index contributed by atoms with van der Waals surface area (Å²) in [6, 6.07) is 12.6. The summed E-state index contributed by atoms with van der Waals surface area (Å²) in [7, 11) is 0. The third kappa shape index (κ3) is 2.34. The molecule has 1 unspecified atom stereocenters. The number of hydrogen-bond acceptors (Lipinski definition) is 2. The zero-order valence-corrected chi connectivity index (χ0v) is 10.6. The van der Waals surface area contributed by atoms with Crippen molar-refractivity contribution in [1.29, 1.82) is 0 Å². The number of fused-ring (bicyclic) bond motifs is 1. The van der Waals surface area contributed by atoms with Gasteiger partial charge in [-0.2, -0.15) is 0 Å². The molecule has 0 radical (unpaired) electrons. The van der Waals surface area contributed by atoms with Gasteiger partial charge in [-0.05, 0) is 47.9 Å². The maximum absolute atomic E-state index is 13.3. The van der Waals surface area contributed by atoms with E-state index in [4.69, 9.17) is 10.5 Å². The van der Waals surface area contributed by atoms with E-state index >= 15 is 0 Å². The first-order chi connectivity index (χ1) is 9.28. The summed E-state index contributed by atoms with van der Waals surface area (Å²) in [5, 5.41) is 0. The van der Waals surface area contributed by atoms with Crippen LogP contribution in [0, 0.1) is 5.82 Å². The van der Waals surface area contributed by atoms with Gasteiger partial charge in [-0.15, -0.1) is 0 Å². The molecule has 2 aromatic rings. The van der Waals surface area contributed by atoms with Crippen molar-refractivity contribution in [2.75, 3.05) is 13.2 Å². The predicted octanol–water partition coefficient (Wildman–Crippen LogP) is 3.32. The zero-order chi connectivity index (χ0) is 13.2. The van der Waals surface area contributed by atoms with Gasteiger partial charge in [-0.25, -0.2) is 4.39 Å². The van der Waals surface area contributed by atoms with E-state index in [2.05, 4.69) is 0 Å². The van der Waals surface area contributed by atoms with E-state index in [0.29, 0.717) is 19.1 Å². The van der Waals surface area contributed by atoms with Gasteiger partial charge < -0.3 is 10.5 Å². The number of ether oxygens (including phenoxy) is 1. The molecule has 0 spiro atoms. The number of rotatable bonds is 2. The Morgan fingerprint density at radius 3 is 2.79 bits per heavy atom. The van der Waals surface area contributed by atoms with Crippen LogP contribution in [0.2, 0.25) is 0 Å². The lowest BCUT2D eigenvalue weighted by molar-refractivity contribution is 0.269. The fourth-order valence-corrected chi connectivity index (χ4v) is 2.56. The average Bonchev–Trinajstić information content (AvgIpc) is 2.46. The Hall–Kier alpha value is -1.87. The van der Waals surface area contributed by atoms with Gasteiger partial charge >= 0.3 is 0 Å². The normalized spacial score (nSPS) is 17.7. The third-order valence-electron chi connectivity index (χ3n) is 3.62. The first-order valence-electron chi connectivity index (χ1n) is 6.50. The molecule has 2 N–H and O–H groups in total. The number of hydrogen-bond donors (Lipinski definition) is 1. The lowest BCUT2D eigenvalue weighted by Crippen LogP contribution is -2.20. The second-order valence-corrected chi connectivity index (χ2v) is 4.83. The number of halogens is 1. The van der Waals surface area contributed by atoms with Gasteiger partial charge in [0.15, 0.2) is 0 Å². The van der Waals surface area contributed by atoms with Gasteiger partial charge in [-0.3, -0.25) is 0 Å². The molecule has 2 nitrogen and oxygen atoms in total. The van der Waals surface area contributed by atoms with Crippen molar-refractivity contribution in [3.63, 3.8) is 0 Å². The minimum atomic E-state index is -0.226. The van der Waals surface area contributed by atoms with Crippen LogP contribution in [0.3, 0.4) is 0 Å². The Balaban J connectivity index is 2.02. The van der Waals surface area contributed by atoms with Crippen molar-refractivity contribution in [3.8, 4) is 16.9 Å². The van der Waals surface area contributed by atoms with E-state index in [9.17, 15) is 4.39 Å². The highest BCUT2D eigenvalue weighted by molar-refractivity contribution is 5.66. The molecule has 0 saturated heterocycles. The second kappa shape index (κ2) is 5.02. The van der Waals surface area contributed by atoms with Crippen LogP contribution in [-0.2, 0) is 0 Å². The fourth-order valence-electron chi connectivity index (χ4n) is 2.56. The van der Waals surface area contributed by atoms with Crippen LogP contribution in [0.25, 0.3) is 11.1 Å². The van der Waals surface area contributed by atoms with Gasteiger partial charge in [-0.1, -0.05) is 24.3 Å². The Bertz CT molecular complexity index is 597. The van der Waals surface area contributed by atoms with Crippen LogP contribution in [-0.4, -0.2) is 13.2 Å². The first-order valence-corrected chi connectivity index (χ1v) is 6.50. The Morgan fingerprint density at radius 2 is 2.00 bits per heavy atom. The van der Waals surface area contributed by atoms with Crippen LogP contribution >= 0.6 is 0 Å². The highest BCUT2D eigenvalue weighted by atomic mass is 19.1. The van der Waals surface area contributed by atoms with Gasteiger partial charge in [0, 0.05) is 5.92 Å². The molecule has 0 aliphatic carbocycles. The maximum Gasteiger partial charge on any atom is 0.123 e. The highest BCUT2D eigenvalue weighted by Crippen LogP contribution is 2.36. The van der Waals surface area contributed by atoms with Crippen molar-refractivity contribution in [2.45, 2.75) is 12.3 Å². The summed E-state index contributed by atoms with van der Waals surface area (Å²) in [5.41, 5.74) is 8.77. The van der Waals surface area contributed by atoms with E-state index in [-0.39, 0.29) is 5.82 Å². The number of benzene rings is 2. The molecular formula is C16H16FNO. The van der Waals surface area contributed by atoms with E-state index in [1.54, 1.807) is 6.07 Å². The molecule has 2 aromatic carbocycles. The van der Waals surface area contributed by atoms with Crippen LogP contribution in [0.1, 0.15) is 17.9 Å². The van der Waals surface area contributed by atoms with Crippen LogP contribution in [0.15, 0.2) is 42.5 Å². The standard InChI is InChI=1S/C16H16FNO/c17-14-3-1-2-11(8-14)12-4-5-15-13(10-18)6-7-19-16(15)9-12/h1-5,8-9,13H,6-7,10,18H2. The predicted molar refractivity (Wildman–Crippen MR) is 73.7 cm³/mol. The topological polar surface area (TPSA) is 35.2 Å². The molecule has 1 aliphatic rings. The molecule has 0 aromatic heterocycles. The first kappa shape index (κ1) is 12.2. The van der Waals surface area contributed by atoms with Crippen molar-refractivity contribution < 1.29 is 9.13 Å². The lowest BCUT2D eigenvalue weighted by atomic mass is 9.91. The summed E-state index contributed by atoms with van der Waals surface area (Å²) >= 11 is 0. The second-order valence-electron chi connectivity index (χ2n) is 4.83. The Labute approximate surface area is 112 Å². The van der Waals surface area contributed by atoms with Crippen molar-refractivity contribution in [3.05, 3.63) is 53.8 Å². The number of nitrogens with two attached hydrogens (primary N) is 1. The highest BCUT2D eigenvalue weighted by Gasteiger charge is 2.20. The molecule has 1 heterocycles.